The maximum atomic E-state index is 8.69. The van der Waals surface area contributed by atoms with Gasteiger partial charge in [-0.3, -0.25) is 0 Å². The molecule has 1 rings (SSSR count). The second kappa shape index (κ2) is 14.1. The minimum absolute atomic E-state index is 0.359. The van der Waals surface area contributed by atoms with Gasteiger partial charge >= 0.3 is 0 Å². The fourth-order valence-electron chi connectivity index (χ4n) is 2.60. The molecule has 0 spiro atoms. The maximum absolute atomic E-state index is 8.69. The van der Waals surface area contributed by atoms with Gasteiger partial charge in [0.1, 0.15) is 0 Å². The van der Waals surface area contributed by atoms with Crippen LogP contribution in [0.4, 0.5) is 0 Å². The quantitative estimate of drug-likeness (QED) is 0.488. The Hall–Kier alpha value is -0.860. The Morgan fingerprint density at radius 1 is 0.667 bits per heavy atom. The van der Waals surface area contributed by atoms with E-state index in [0.29, 0.717) is 6.61 Å². The molecule has 0 aliphatic heterocycles. The molecule has 120 valence electrons. The van der Waals surface area contributed by atoms with Crippen molar-refractivity contribution in [2.75, 3.05) is 13.2 Å². The summed E-state index contributed by atoms with van der Waals surface area (Å²) in [6, 6.07) is 10.6. The number of aliphatic hydroxyl groups excluding tert-OH is 1. The van der Waals surface area contributed by atoms with E-state index in [0.717, 1.165) is 19.5 Å². The molecule has 2 heteroatoms. The first-order chi connectivity index (χ1) is 10.4. The second-order valence-electron chi connectivity index (χ2n) is 5.92. The largest absolute Gasteiger partial charge is 0.396 e. The normalized spacial score (nSPS) is 10.9. The van der Waals surface area contributed by atoms with Gasteiger partial charge in [0.25, 0.3) is 0 Å². The van der Waals surface area contributed by atoms with E-state index in [1.165, 1.54) is 63.4 Å². The van der Waals surface area contributed by atoms with Gasteiger partial charge in [-0.05, 0) is 24.9 Å². The number of aliphatic hydroxyl groups is 1. The highest BCUT2D eigenvalue weighted by molar-refractivity contribution is 5.14. The smallest absolute Gasteiger partial charge is 0.0431 e. The predicted molar refractivity (Wildman–Crippen MR) is 91.4 cm³/mol. The van der Waals surface area contributed by atoms with E-state index < -0.39 is 0 Å². The Balaban J connectivity index is 1.75. The molecule has 0 saturated heterocycles. The van der Waals surface area contributed by atoms with Crippen molar-refractivity contribution < 1.29 is 5.11 Å². The van der Waals surface area contributed by atoms with Crippen molar-refractivity contribution in [3.63, 3.8) is 0 Å². The van der Waals surface area contributed by atoms with Crippen LogP contribution >= 0.6 is 0 Å². The molecule has 0 fully saturated rings. The Kier molecular flexibility index (Phi) is 12.2. The third-order valence-electron chi connectivity index (χ3n) is 3.93. The highest BCUT2D eigenvalue weighted by Gasteiger charge is 1.94. The van der Waals surface area contributed by atoms with Crippen molar-refractivity contribution >= 4 is 0 Å². The van der Waals surface area contributed by atoms with Crippen molar-refractivity contribution in [2.24, 2.45) is 0 Å². The molecule has 1 aromatic rings. The maximum Gasteiger partial charge on any atom is 0.0431 e. The van der Waals surface area contributed by atoms with E-state index in [4.69, 9.17) is 5.11 Å². The monoisotopic (exact) mass is 291 g/mol. The molecule has 0 amide bonds. The summed E-state index contributed by atoms with van der Waals surface area (Å²) in [5.41, 5.74) is 1.37. The molecule has 0 heterocycles. The average molecular weight is 291 g/mol. The summed E-state index contributed by atoms with van der Waals surface area (Å²) in [7, 11) is 0. The van der Waals surface area contributed by atoms with Gasteiger partial charge in [0.15, 0.2) is 0 Å². The van der Waals surface area contributed by atoms with Crippen LogP contribution in [0.1, 0.15) is 69.8 Å². The predicted octanol–water partition coefficient (Wildman–Crippen LogP) is 4.67. The van der Waals surface area contributed by atoms with E-state index in [1.807, 2.05) is 0 Å². The SMILES string of the molecule is OCCCCCCCCCCCCNCc1ccccc1. The van der Waals surface area contributed by atoms with E-state index in [9.17, 15) is 0 Å². The van der Waals surface area contributed by atoms with Crippen LogP contribution in [0.15, 0.2) is 30.3 Å². The average Bonchev–Trinajstić information content (AvgIpc) is 2.53. The first kappa shape index (κ1) is 18.2. The number of rotatable bonds is 14. The fourth-order valence-corrected chi connectivity index (χ4v) is 2.60. The van der Waals surface area contributed by atoms with Gasteiger partial charge in [-0.15, -0.1) is 0 Å². The van der Waals surface area contributed by atoms with Crippen molar-refractivity contribution in [1.29, 1.82) is 0 Å². The number of hydrogen-bond donors (Lipinski definition) is 2. The van der Waals surface area contributed by atoms with Gasteiger partial charge in [0.2, 0.25) is 0 Å². The summed E-state index contributed by atoms with van der Waals surface area (Å²) in [5.74, 6) is 0. The summed E-state index contributed by atoms with van der Waals surface area (Å²) in [5, 5.41) is 12.2. The van der Waals surface area contributed by atoms with E-state index >= 15 is 0 Å². The van der Waals surface area contributed by atoms with Gasteiger partial charge in [0, 0.05) is 13.2 Å². The van der Waals surface area contributed by atoms with Gasteiger partial charge < -0.3 is 10.4 Å². The molecular weight excluding hydrogens is 258 g/mol. The number of hydrogen-bond acceptors (Lipinski definition) is 2. The van der Waals surface area contributed by atoms with Crippen LogP contribution in [0.25, 0.3) is 0 Å². The third kappa shape index (κ3) is 11.5. The molecule has 0 aromatic heterocycles. The van der Waals surface area contributed by atoms with E-state index in [2.05, 4.69) is 35.6 Å². The van der Waals surface area contributed by atoms with E-state index in [-0.39, 0.29) is 0 Å². The lowest BCUT2D eigenvalue weighted by atomic mass is 10.1. The summed E-state index contributed by atoms with van der Waals surface area (Å²) >= 11 is 0. The first-order valence-electron chi connectivity index (χ1n) is 8.79. The van der Waals surface area contributed by atoms with Gasteiger partial charge in [-0.25, -0.2) is 0 Å². The highest BCUT2D eigenvalue weighted by atomic mass is 16.2. The minimum atomic E-state index is 0.359. The molecule has 21 heavy (non-hydrogen) atoms. The van der Waals surface area contributed by atoms with Crippen LogP contribution in [0.5, 0.6) is 0 Å². The Morgan fingerprint density at radius 2 is 1.19 bits per heavy atom. The van der Waals surface area contributed by atoms with E-state index in [1.54, 1.807) is 0 Å². The molecule has 0 aliphatic rings. The van der Waals surface area contributed by atoms with Crippen LogP contribution in [-0.2, 0) is 6.54 Å². The summed E-state index contributed by atoms with van der Waals surface area (Å²) in [4.78, 5) is 0. The minimum Gasteiger partial charge on any atom is -0.396 e. The molecule has 2 nitrogen and oxygen atoms in total. The second-order valence-corrected chi connectivity index (χ2v) is 5.92. The highest BCUT2D eigenvalue weighted by Crippen LogP contribution is 2.10. The molecule has 0 unspecified atom stereocenters. The van der Waals surface area contributed by atoms with Gasteiger partial charge in [-0.1, -0.05) is 81.7 Å². The molecular formula is C19H33NO. The first-order valence-corrected chi connectivity index (χ1v) is 8.79. The zero-order valence-corrected chi connectivity index (χ0v) is 13.5. The lowest BCUT2D eigenvalue weighted by Crippen LogP contribution is -2.14. The zero-order valence-electron chi connectivity index (χ0n) is 13.5. The molecule has 0 bridgehead atoms. The summed E-state index contributed by atoms with van der Waals surface area (Å²) in [6.07, 6.45) is 13.0. The molecule has 0 aliphatic carbocycles. The zero-order chi connectivity index (χ0) is 15.0. The Bertz CT molecular complexity index is 313. The lowest BCUT2D eigenvalue weighted by molar-refractivity contribution is 0.282. The summed E-state index contributed by atoms with van der Waals surface area (Å²) in [6.45, 7) is 2.49. The Morgan fingerprint density at radius 3 is 1.76 bits per heavy atom. The topological polar surface area (TPSA) is 32.3 Å². The van der Waals surface area contributed by atoms with Crippen molar-refractivity contribution in [3.05, 3.63) is 35.9 Å². The molecule has 0 saturated carbocycles. The van der Waals surface area contributed by atoms with Crippen molar-refractivity contribution in [1.82, 2.24) is 5.32 Å². The number of nitrogens with one attached hydrogen (secondary N) is 1. The van der Waals surface area contributed by atoms with Crippen LogP contribution in [0, 0.1) is 0 Å². The molecule has 1 aromatic carbocycles. The van der Waals surface area contributed by atoms with Crippen molar-refractivity contribution in [2.45, 2.75) is 70.8 Å². The third-order valence-corrected chi connectivity index (χ3v) is 3.93. The standard InChI is InChI=1S/C19H33NO/c21-17-13-8-6-4-2-1-3-5-7-12-16-20-18-19-14-10-9-11-15-19/h9-11,14-15,20-21H,1-8,12-13,16-18H2. The van der Waals surface area contributed by atoms with Crippen molar-refractivity contribution in [3.8, 4) is 0 Å². The molecule has 2 N–H and O–H groups in total. The summed E-state index contributed by atoms with van der Waals surface area (Å²) < 4.78 is 0. The van der Waals surface area contributed by atoms with Crippen LogP contribution in [-0.4, -0.2) is 18.3 Å². The van der Waals surface area contributed by atoms with Crippen LogP contribution < -0.4 is 5.32 Å². The van der Waals surface area contributed by atoms with Gasteiger partial charge in [-0.2, -0.15) is 0 Å². The fraction of sp³-hybridized carbons (Fsp3) is 0.684. The molecule has 0 radical (unpaired) electrons. The molecule has 0 atom stereocenters. The lowest BCUT2D eigenvalue weighted by Gasteiger charge is -2.05. The number of benzene rings is 1. The van der Waals surface area contributed by atoms with Crippen LogP contribution in [0.2, 0.25) is 0 Å². The van der Waals surface area contributed by atoms with Crippen LogP contribution in [0.3, 0.4) is 0 Å². The Labute approximate surface area is 131 Å². The van der Waals surface area contributed by atoms with Gasteiger partial charge in [0.05, 0.1) is 0 Å². The number of unbranched alkanes of at least 4 members (excludes halogenated alkanes) is 9.